The van der Waals surface area contributed by atoms with Crippen molar-refractivity contribution in [2.75, 3.05) is 13.2 Å². The topological polar surface area (TPSA) is 94.5 Å². The largest absolute Gasteiger partial charge is 0.508 e. The lowest BCUT2D eigenvalue weighted by Crippen LogP contribution is -2.40. The molecular weight excluding hydrogens is 220 g/mol. The standard InChI is InChI=1S/C9H14O7/c1-2-13-8-6(11)5(10)7(16-8)4-3-14-9(12)15-4/h4-8,10-11H,2-3H2,1H3/t4-,5-,6+,7-,8-/m0/s1. The highest BCUT2D eigenvalue weighted by atomic mass is 16.8. The molecule has 2 rings (SSSR count). The van der Waals surface area contributed by atoms with Crippen LogP contribution in [0.2, 0.25) is 0 Å². The van der Waals surface area contributed by atoms with Gasteiger partial charge in [0.05, 0.1) is 0 Å². The van der Waals surface area contributed by atoms with Crippen molar-refractivity contribution in [2.24, 2.45) is 0 Å². The zero-order chi connectivity index (χ0) is 11.7. The van der Waals surface area contributed by atoms with Crippen molar-refractivity contribution in [1.82, 2.24) is 0 Å². The molecule has 0 unspecified atom stereocenters. The molecule has 5 atom stereocenters. The van der Waals surface area contributed by atoms with Gasteiger partial charge in [0.15, 0.2) is 12.4 Å². The lowest BCUT2D eigenvalue weighted by atomic mass is 10.1. The Hall–Kier alpha value is -0.890. The van der Waals surface area contributed by atoms with Crippen molar-refractivity contribution in [3.05, 3.63) is 0 Å². The minimum atomic E-state index is -1.16. The summed E-state index contributed by atoms with van der Waals surface area (Å²) in [6.45, 7) is 2.10. The Morgan fingerprint density at radius 3 is 2.75 bits per heavy atom. The van der Waals surface area contributed by atoms with E-state index in [0.29, 0.717) is 6.61 Å². The number of carbonyl (C=O) groups is 1. The Kier molecular flexibility index (Phi) is 3.29. The van der Waals surface area contributed by atoms with Crippen molar-refractivity contribution in [3.8, 4) is 0 Å². The molecule has 7 nitrogen and oxygen atoms in total. The zero-order valence-corrected chi connectivity index (χ0v) is 8.74. The summed E-state index contributed by atoms with van der Waals surface area (Å²) in [4.78, 5) is 10.7. The summed E-state index contributed by atoms with van der Waals surface area (Å²) in [6.07, 6.45) is -5.53. The summed E-state index contributed by atoms with van der Waals surface area (Å²) in [5.74, 6) is 0. The van der Waals surface area contributed by atoms with Crippen LogP contribution in [0.25, 0.3) is 0 Å². The minimum absolute atomic E-state index is 0.00608. The molecule has 0 aliphatic carbocycles. The van der Waals surface area contributed by atoms with E-state index in [9.17, 15) is 15.0 Å². The molecule has 0 spiro atoms. The van der Waals surface area contributed by atoms with Crippen LogP contribution in [0.15, 0.2) is 0 Å². The summed E-state index contributed by atoms with van der Waals surface area (Å²) in [5.41, 5.74) is 0. The molecule has 92 valence electrons. The summed E-state index contributed by atoms with van der Waals surface area (Å²) in [5, 5.41) is 19.3. The van der Waals surface area contributed by atoms with Crippen LogP contribution < -0.4 is 0 Å². The predicted octanol–water partition coefficient (Wildman–Crippen LogP) is -0.995. The van der Waals surface area contributed by atoms with E-state index in [1.807, 2.05) is 0 Å². The summed E-state index contributed by atoms with van der Waals surface area (Å²) in [7, 11) is 0. The van der Waals surface area contributed by atoms with Crippen molar-refractivity contribution in [3.63, 3.8) is 0 Å². The van der Waals surface area contributed by atoms with Gasteiger partial charge in [-0.3, -0.25) is 0 Å². The highest BCUT2D eigenvalue weighted by molar-refractivity contribution is 5.62. The fraction of sp³-hybridized carbons (Fsp3) is 0.889. The van der Waals surface area contributed by atoms with Crippen LogP contribution in [0.5, 0.6) is 0 Å². The first kappa shape index (κ1) is 11.6. The maximum absolute atomic E-state index is 10.7. The number of aliphatic hydroxyl groups is 2. The molecule has 7 heteroatoms. The molecule has 0 aromatic carbocycles. The van der Waals surface area contributed by atoms with Gasteiger partial charge in [0.1, 0.15) is 24.9 Å². The Balaban J connectivity index is 1.98. The zero-order valence-electron chi connectivity index (χ0n) is 8.74. The first-order chi connectivity index (χ1) is 7.63. The molecular formula is C9H14O7. The highest BCUT2D eigenvalue weighted by Crippen LogP contribution is 2.27. The van der Waals surface area contributed by atoms with E-state index >= 15 is 0 Å². The molecule has 0 aromatic heterocycles. The number of hydrogen-bond donors (Lipinski definition) is 2. The van der Waals surface area contributed by atoms with Gasteiger partial charge in [0.25, 0.3) is 0 Å². The molecule has 2 saturated heterocycles. The third kappa shape index (κ3) is 1.99. The first-order valence-corrected chi connectivity index (χ1v) is 5.10. The fourth-order valence-corrected chi connectivity index (χ4v) is 1.78. The maximum atomic E-state index is 10.7. The number of hydrogen-bond acceptors (Lipinski definition) is 7. The molecule has 2 N–H and O–H groups in total. The van der Waals surface area contributed by atoms with E-state index in [1.165, 1.54) is 0 Å². The third-order valence-corrected chi connectivity index (χ3v) is 2.57. The second-order valence-electron chi connectivity index (χ2n) is 3.62. The van der Waals surface area contributed by atoms with E-state index in [1.54, 1.807) is 6.92 Å². The molecule has 0 bridgehead atoms. The number of aliphatic hydroxyl groups excluding tert-OH is 2. The molecule has 0 saturated carbocycles. The van der Waals surface area contributed by atoms with E-state index in [4.69, 9.17) is 14.2 Å². The van der Waals surface area contributed by atoms with Crippen LogP contribution in [-0.4, -0.2) is 60.3 Å². The normalized spacial score (nSPS) is 43.2. The average molecular weight is 234 g/mol. The minimum Gasteiger partial charge on any atom is -0.430 e. The average Bonchev–Trinajstić information content (AvgIpc) is 2.78. The molecule has 2 fully saturated rings. The monoisotopic (exact) mass is 234 g/mol. The smallest absolute Gasteiger partial charge is 0.430 e. The summed E-state index contributed by atoms with van der Waals surface area (Å²) >= 11 is 0. The molecule has 16 heavy (non-hydrogen) atoms. The Morgan fingerprint density at radius 2 is 2.19 bits per heavy atom. The van der Waals surface area contributed by atoms with Gasteiger partial charge in [0.2, 0.25) is 0 Å². The molecule has 2 aliphatic rings. The SMILES string of the molecule is CCO[C@H]1O[C@@H]([C@@H]2COC(=O)O2)[C@@H](O)[C@H]1O. The van der Waals surface area contributed by atoms with Gasteiger partial charge in [-0.15, -0.1) is 0 Å². The second-order valence-corrected chi connectivity index (χ2v) is 3.62. The lowest BCUT2D eigenvalue weighted by molar-refractivity contribution is -0.172. The van der Waals surface area contributed by atoms with Crippen LogP contribution in [-0.2, 0) is 18.9 Å². The molecule has 2 aliphatic heterocycles. The molecule has 2 heterocycles. The van der Waals surface area contributed by atoms with Crippen LogP contribution in [0.4, 0.5) is 4.79 Å². The quantitative estimate of drug-likeness (QED) is 0.605. The van der Waals surface area contributed by atoms with E-state index in [-0.39, 0.29) is 6.61 Å². The van der Waals surface area contributed by atoms with E-state index in [0.717, 1.165) is 0 Å². The Bertz CT molecular complexity index is 269. The van der Waals surface area contributed by atoms with Crippen LogP contribution in [0.1, 0.15) is 6.92 Å². The van der Waals surface area contributed by atoms with Crippen molar-refractivity contribution < 1.29 is 34.0 Å². The van der Waals surface area contributed by atoms with Gasteiger partial charge >= 0.3 is 6.16 Å². The first-order valence-electron chi connectivity index (χ1n) is 5.10. The van der Waals surface area contributed by atoms with Gasteiger partial charge in [-0.2, -0.15) is 0 Å². The number of carbonyl (C=O) groups excluding carboxylic acids is 1. The van der Waals surface area contributed by atoms with Gasteiger partial charge in [-0.1, -0.05) is 0 Å². The van der Waals surface area contributed by atoms with Gasteiger partial charge in [0, 0.05) is 6.61 Å². The van der Waals surface area contributed by atoms with E-state index < -0.39 is 36.9 Å². The Labute approximate surface area is 91.9 Å². The van der Waals surface area contributed by atoms with Gasteiger partial charge in [-0.05, 0) is 6.92 Å². The highest BCUT2D eigenvalue weighted by Gasteiger charge is 2.50. The van der Waals surface area contributed by atoms with Gasteiger partial charge < -0.3 is 29.2 Å². The van der Waals surface area contributed by atoms with Crippen molar-refractivity contribution in [2.45, 2.75) is 37.6 Å². The number of rotatable bonds is 3. The van der Waals surface area contributed by atoms with Crippen LogP contribution >= 0.6 is 0 Å². The van der Waals surface area contributed by atoms with Gasteiger partial charge in [-0.25, -0.2) is 4.79 Å². The van der Waals surface area contributed by atoms with E-state index in [2.05, 4.69) is 4.74 Å². The Morgan fingerprint density at radius 1 is 1.44 bits per heavy atom. The second kappa shape index (κ2) is 4.54. The van der Waals surface area contributed by atoms with Crippen LogP contribution in [0, 0.1) is 0 Å². The fourth-order valence-electron chi connectivity index (χ4n) is 1.78. The summed E-state index contributed by atoms with van der Waals surface area (Å²) < 4.78 is 19.7. The van der Waals surface area contributed by atoms with Crippen molar-refractivity contribution >= 4 is 6.16 Å². The molecule has 0 amide bonds. The summed E-state index contributed by atoms with van der Waals surface area (Å²) in [6, 6.07) is 0. The molecule has 0 aromatic rings. The van der Waals surface area contributed by atoms with Crippen molar-refractivity contribution in [1.29, 1.82) is 0 Å². The predicted molar refractivity (Wildman–Crippen MR) is 48.5 cm³/mol. The molecule has 0 radical (unpaired) electrons. The van der Waals surface area contributed by atoms with Crippen LogP contribution in [0.3, 0.4) is 0 Å². The number of ether oxygens (including phenoxy) is 4. The lowest BCUT2D eigenvalue weighted by Gasteiger charge is -2.17. The maximum Gasteiger partial charge on any atom is 0.508 e. The third-order valence-electron chi connectivity index (χ3n) is 2.57. The number of cyclic esters (lactones) is 2.